The van der Waals surface area contributed by atoms with Gasteiger partial charge in [-0.2, -0.15) is 0 Å². The summed E-state index contributed by atoms with van der Waals surface area (Å²) in [5, 5.41) is 0. The third kappa shape index (κ3) is 4.16. The highest BCUT2D eigenvalue weighted by molar-refractivity contribution is 9.10. The number of nitrogens with two attached hydrogens (primary N) is 1. The third-order valence-electron chi connectivity index (χ3n) is 3.33. The zero-order valence-electron chi connectivity index (χ0n) is 11.4. The van der Waals surface area contributed by atoms with Gasteiger partial charge < -0.3 is 5.73 Å². The van der Waals surface area contributed by atoms with Crippen LogP contribution in [0.3, 0.4) is 0 Å². The van der Waals surface area contributed by atoms with E-state index in [9.17, 15) is 0 Å². The summed E-state index contributed by atoms with van der Waals surface area (Å²) in [6, 6.07) is 17.0. The Labute approximate surface area is 137 Å². The van der Waals surface area contributed by atoms with Crippen molar-refractivity contribution in [1.82, 2.24) is 4.90 Å². The summed E-state index contributed by atoms with van der Waals surface area (Å²) in [5.74, 6) is 0. The molecule has 0 saturated heterocycles. The van der Waals surface area contributed by atoms with Gasteiger partial charge in [-0.15, -0.1) is 0 Å². The van der Waals surface area contributed by atoms with E-state index in [0.29, 0.717) is 6.54 Å². The number of benzene rings is 2. The minimum atomic E-state index is 0.219. The second kappa shape index (κ2) is 7.36. The highest BCUT2D eigenvalue weighted by atomic mass is 79.9. The summed E-state index contributed by atoms with van der Waals surface area (Å²) in [4.78, 5) is 2.28. The van der Waals surface area contributed by atoms with Crippen LogP contribution in [0.25, 0.3) is 0 Å². The number of halogens is 2. The number of likely N-dealkylation sites (N-methyl/N-ethyl adjacent to an activating group) is 1. The molecule has 2 nitrogen and oxygen atoms in total. The third-order valence-corrected chi connectivity index (χ3v) is 4.36. The van der Waals surface area contributed by atoms with E-state index in [1.54, 1.807) is 0 Å². The predicted octanol–water partition coefficient (Wildman–Crippen LogP) is 4.34. The molecule has 2 aromatic carbocycles. The highest BCUT2D eigenvalue weighted by Gasteiger charge is 2.15. The molecule has 0 saturated carbocycles. The largest absolute Gasteiger partial charge is 0.329 e. The second-order valence-electron chi connectivity index (χ2n) is 4.85. The Morgan fingerprint density at radius 3 is 2.35 bits per heavy atom. The van der Waals surface area contributed by atoms with E-state index in [0.717, 1.165) is 15.5 Å². The molecule has 2 rings (SSSR count). The molecule has 0 fully saturated rings. The van der Waals surface area contributed by atoms with Crippen LogP contribution in [0.1, 0.15) is 17.2 Å². The standard InChI is InChI=1S/C16H18Br2N2/c1-20(11-12-5-7-14(17)8-6-12)16(10-19)13-3-2-4-15(18)9-13/h2-9,16H,10-11,19H2,1H3. The fourth-order valence-electron chi connectivity index (χ4n) is 2.27. The zero-order valence-corrected chi connectivity index (χ0v) is 14.6. The molecule has 20 heavy (non-hydrogen) atoms. The Kier molecular flexibility index (Phi) is 5.78. The van der Waals surface area contributed by atoms with Crippen LogP contribution in [0, 0.1) is 0 Å². The first kappa shape index (κ1) is 15.7. The Bertz CT molecular complexity index is 555. The molecule has 0 amide bonds. The van der Waals surface area contributed by atoms with Crippen LogP contribution in [-0.2, 0) is 6.54 Å². The van der Waals surface area contributed by atoms with Gasteiger partial charge in [-0.05, 0) is 42.4 Å². The molecule has 0 bridgehead atoms. The van der Waals surface area contributed by atoms with Crippen LogP contribution in [0.2, 0.25) is 0 Å². The van der Waals surface area contributed by atoms with Gasteiger partial charge in [-0.25, -0.2) is 0 Å². The van der Waals surface area contributed by atoms with Crippen molar-refractivity contribution in [2.45, 2.75) is 12.6 Å². The van der Waals surface area contributed by atoms with Crippen molar-refractivity contribution in [3.05, 3.63) is 68.6 Å². The summed E-state index contributed by atoms with van der Waals surface area (Å²) in [5.41, 5.74) is 8.49. The Morgan fingerprint density at radius 2 is 1.75 bits per heavy atom. The van der Waals surface area contributed by atoms with Gasteiger partial charge >= 0.3 is 0 Å². The van der Waals surface area contributed by atoms with Gasteiger partial charge in [-0.3, -0.25) is 4.90 Å². The molecule has 106 valence electrons. The first-order chi connectivity index (χ1) is 9.60. The smallest absolute Gasteiger partial charge is 0.0471 e. The summed E-state index contributed by atoms with van der Waals surface area (Å²) >= 11 is 6.98. The second-order valence-corrected chi connectivity index (χ2v) is 6.68. The molecule has 0 heterocycles. The highest BCUT2D eigenvalue weighted by Crippen LogP contribution is 2.23. The molecule has 2 aromatic rings. The first-order valence-electron chi connectivity index (χ1n) is 6.50. The van der Waals surface area contributed by atoms with E-state index in [4.69, 9.17) is 5.73 Å². The van der Waals surface area contributed by atoms with Gasteiger partial charge in [0.15, 0.2) is 0 Å². The van der Waals surface area contributed by atoms with Crippen molar-refractivity contribution in [3.63, 3.8) is 0 Å². The Hall–Kier alpha value is -0.680. The Morgan fingerprint density at radius 1 is 1.05 bits per heavy atom. The maximum atomic E-state index is 5.97. The lowest BCUT2D eigenvalue weighted by Crippen LogP contribution is -2.30. The van der Waals surface area contributed by atoms with E-state index in [1.165, 1.54) is 11.1 Å². The SMILES string of the molecule is CN(Cc1ccc(Br)cc1)C(CN)c1cccc(Br)c1. The molecule has 0 aliphatic rings. The fourth-order valence-corrected chi connectivity index (χ4v) is 2.95. The van der Waals surface area contributed by atoms with Crippen LogP contribution >= 0.6 is 31.9 Å². The van der Waals surface area contributed by atoms with Crippen LogP contribution < -0.4 is 5.73 Å². The van der Waals surface area contributed by atoms with Crippen molar-refractivity contribution >= 4 is 31.9 Å². The lowest BCUT2D eigenvalue weighted by molar-refractivity contribution is 0.242. The molecule has 2 N–H and O–H groups in total. The van der Waals surface area contributed by atoms with Gasteiger partial charge in [0.25, 0.3) is 0 Å². The van der Waals surface area contributed by atoms with Gasteiger partial charge in [0, 0.05) is 28.1 Å². The summed E-state index contributed by atoms with van der Waals surface area (Å²) in [6.45, 7) is 1.48. The minimum Gasteiger partial charge on any atom is -0.329 e. The number of hydrogen-bond donors (Lipinski definition) is 1. The normalized spacial score (nSPS) is 12.7. The fraction of sp³-hybridized carbons (Fsp3) is 0.250. The molecule has 0 spiro atoms. The first-order valence-corrected chi connectivity index (χ1v) is 8.09. The molecule has 1 unspecified atom stereocenters. The quantitative estimate of drug-likeness (QED) is 0.812. The molecule has 0 aromatic heterocycles. The van der Waals surface area contributed by atoms with Crippen molar-refractivity contribution in [2.24, 2.45) is 5.73 Å². The number of nitrogens with zero attached hydrogens (tertiary/aromatic N) is 1. The van der Waals surface area contributed by atoms with Crippen molar-refractivity contribution < 1.29 is 0 Å². The molecule has 4 heteroatoms. The molecular weight excluding hydrogens is 380 g/mol. The average Bonchev–Trinajstić information content (AvgIpc) is 2.42. The van der Waals surface area contributed by atoms with Gasteiger partial charge in [-0.1, -0.05) is 56.1 Å². The summed E-state index contributed by atoms with van der Waals surface area (Å²) < 4.78 is 2.19. The maximum absolute atomic E-state index is 5.97. The number of hydrogen-bond acceptors (Lipinski definition) is 2. The van der Waals surface area contributed by atoms with Crippen molar-refractivity contribution in [2.75, 3.05) is 13.6 Å². The van der Waals surface area contributed by atoms with Crippen molar-refractivity contribution in [1.29, 1.82) is 0 Å². The molecule has 0 aliphatic carbocycles. The van der Waals surface area contributed by atoms with E-state index in [1.807, 2.05) is 6.07 Å². The monoisotopic (exact) mass is 396 g/mol. The van der Waals surface area contributed by atoms with Crippen LogP contribution in [0.4, 0.5) is 0 Å². The van der Waals surface area contributed by atoms with E-state index < -0.39 is 0 Å². The van der Waals surface area contributed by atoms with Crippen molar-refractivity contribution in [3.8, 4) is 0 Å². The molecule has 0 radical (unpaired) electrons. The van der Waals surface area contributed by atoms with E-state index >= 15 is 0 Å². The van der Waals surface area contributed by atoms with Crippen LogP contribution in [0.5, 0.6) is 0 Å². The average molecular weight is 398 g/mol. The van der Waals surface area contributed by atoms with E-state index in [2.05, 4.69) is 86.3 Å². The van der Waals surface area contributed by atoms with Crippen LogP contribution in [0.15, 0.2) is 57.5 Å². The van der Waals surface area contributed by atoms with Gasteiger partial charge in [0.1, 0.15) is 0 Å². The number of rotatable bonds is 5. The van der Waals surface area contributed by atoms with Crippen LogP contribution in [-0.4, -0.2) is 18.5 Å². The minimum absolute atomic E-state index is 0.219. The van der Waals surface area contributed by atoms with Gasteiger partial charge in [0.2, 0.25) is 0 Å². The topological polar surface area (TPSA) is 29.3 Å². The predicted molar refractivity (Wildman–Crippen MR) is 91.5 cm³/mol. The lowest BCUT2D eigenvalue weighted by atomic mass is 10.1. The summed E-state index contributed by atoms with van der Waals surface area (Å²) in [6.07, 6.45) is 0. The Balaban J connectivity index is 2.13. The maximum Gasteiger partial charge on any atom is 0.0471 e. The molecule has 0 aliphatic heterocycles. The van der Waals surface area contributed by atoms with Gasteiger partial charge in [0.05, 0.1) is 0 Å². The summed E-state index contributed by atoms with van der Waals surface area (Å²) in [7, 11) is 2.11. The van der Waals surface area contributed by atoms with E-state index in [-0.39, 0.29) is 6.04 Å². The zero-order chi connectivity index (χ0) is 14.5. The molecule has 1 atom stereocenters. The lowest BCUT2D eigenvalue weighted by Gasteiger charge is -2.27. The molecular formula is C16H18Br2N2.